The summed E-state index contributed by atoms with van der Waals surface area (Å²) >= 11 is 0.961. The Bertz CT molecular complexity index is 125. The number of halogens is 7. The normalized spacial score (nSPS) is 15.3. The van der Waals surface area contributed by atoms with Crippen LogP contribution in [0.4, 0.5) is 30.7 Å². The zero-order valence-electron chi connectivity index (χ0n) is 4.65. The van der Waals surface area contributed by atoms with Gasteiger partial charge in [0, 0.05) is 12.6 Å². The molecular weight excluding hydrogens is 201 g/mol. The first kappa shape index (κ1) is 10.9. The van der Waals surface area contributed by atoms with E-state index in [0.29, 0.717) is 0 Å². The summed E-state index contributed by atoms with van der Waals surface area (Å²) in [6.07, 6.45) is -12.0. The van der Waals surface area contributed by atoms with Gasteiger partial charge in [0.2, 0.25) is 0 Å². The molecule has 0 aromatic carbocycles. The van der Waals surface area contributed by atoms with Crippen LogP contribution in [0.1, 0.15) is 0 Å². The van der Waals surface area contributed by atoms with E-state index in [1.165, 1.54) is 0 Å². The Kier molecular flexibility index (Phi) is 2.40. The van der Waals surface area contributed by atoms with Gasteiger partial charge in [-0.2, -0.15) is 30.7 Å². The molecule has 0 atom stereocenters. The van der Waals surface area contributed by atoms with Crippen LogP contribution in [0.15, 0.2) is 0 Å². The quantitative estimate of drug-likeness (QED) is 0.416. The molecule has 0 spiro atoms. The zero-order valence-corrected chi connectivity index (χ0v) is 5.65. The molecule has 0 heterocycles. The zero-order chi connectivity index (χ0) is 9.50. The van der Waals surface area contributed by atoms with Crippen LogP contribution in [0.2, 0.25) is 0 Å². The molecule has 0 amide bonds. The molecule has 0 saturated heterocycles. The molecule has 68 valence electrons. The second-order valence-corrected chi connectivity index (χ2v) is 2.34. The summed E-state index contributed by atoms with van der Waals surface area (Å²) in [6.45, 7) is 0. The van der Waals surface area contributed by atoms with Gasteiger partial charge in [-0.15, -0.1) is 0 Å². The van der Waals surface area contributed by atoms with Crippen molar-refractivity contribution in [1.82, 2.24) is 0 Å². The van der Waals surface area contributed by atoms with Crippen molar-refractivity contribution in [2.75, 3.05) is 0 Å². The van der Waals surface area contributed by atoms with E-state index in [9.17, 15) is 30.7 Å². The van der Waals surface area contributed by atoms with E-state index in [1.54, 1.807) is 0 Å². The minimum atomic E-state index is -6.00. The van der Waals surface area contributed by atoms with Crippen LogP contribution in [0.3, 0.4) is 0 Å². The largest absolute Gasteiger partial charge is 0.481 e. The van der Waals surface area contributed by atoms with Crippen LogP contribution in [-0.4, -0.2) is 17.4 Å². The maximum Gasteiger partial charge on any atom is 0.481 e. The molecule has 0 N–H and O–H groups in total. The van der Waals surface area contributed by atoms with Crippen molar-refractivity contribution in [2.45, 2.75) is 17.4 Å². The predicted molar refractivity (Wildman–Crippen MR) is 26.1 cm³/mol. The van der Waals surface area contributed by atoms with Gasteiger partial charge in [-0.25, -0.2) is 0 Å². The molecule has 0 bridgehead atoms. The average molecular weight is 203 g/mol. The van der Waals surface area contributed by atoms with Gasteiger partial charge in [-0.05, 0) is 0 Å². The first-order chi connectivity index (χ1) is 4.50. The number of alkyl halides is 7. The van der Waals surface area contributed by atoms with E-state index in [4.69, 9.17) is 0 Å². The summed E-state index contributed by atoms with van der Waals surface area (Å²) in [5.41, 5.74) is 0. The van der Waals surface area contributed by atoms with Crippen LogP contribution in [0.25, 0.3) is 0 Å². The van der Waals surface area contributed by atoms with E-state index < -0.39 is 17.4 Å². The summed E-state index contributed by atoms with van der Waals surface area (Å²) in [7, 11) is 0. The Balaban J connectivity index is 4.75. The highest BCUT2D eigenvalue weighted by molar-refractivity contribution is 7.60. The molecule has 8 heteroatoms. The molecule has 0 aromatic heterocycles. The average Bonchev–Trinajstić information content (AvgIpc) is 1.58. The summed E-state index contributed by atoms with van der Waals surface area (Å²) < 4.78 is 78.9. The maximum absolute atomic E-state index is 11.8. The van der Waals surface area contributed by atoms with Gasteiger partial charge in [-0.3, -0.25) is 0 Å². The van der Waals surface area contributed by atoms with Crippen LogP contribution in [0, 0.1) is 0 Å². The molecule has 0 aromatic rings. The van der Waals surface area contributed by atoms with Gasteiger partial charge in [0.25, 0.3) is 0 Å². The van der Waals surface area contributed by atoms with Crippen molar-refractivity contribution in [3.63, 3.8) is 0 Å². The predicted octanol–water partition coefficient (Wildman–Crippen LogP) is 1.79. The first-order valence-electron chi connectivity index (χ1n) is 2.07. The molecule has 0 radical (unpaired) electrons. The highest BCUT2D eigenvalue weighted by atomic mass is 32.1. The molecular formula is C3H2F7S+. The molecule has 11 heavy (non-hydrogen) atoms. The lowest BCUT2D eigenvalue weighted by atomic mass is 10.3. The van der Waals surface area contributed by atoms with Crippen molar-refractivity contribution in [1.29, 1.82) is 0 Å². The van der Waals surface area contributed by atoms with Crippen LogP contribution in [0.5, 0.6) is 0 Å². The first-order valence-corrected chi connectivity index (χ1v) is 2.57. The van der Waals surface area contributed by atoms with Gasteiger partial charge >= 0.3 is 17.4 Å². The number of hydrogen-bond donors (Lipinski definition) is 0. The molecule has 0 aliphatic rings. The third-order valence-electron chi connectivity index (χ3n) is 0.781. The lowest BCUT2D eigenvalue weighted by Gasteiger charge is -2.19. The topological polar surface area (TPSA) is 0 Å². The van der Waals surface area contributed by atoms with Crippen molar-refractivity contribution in [3.8, 4) is 0 Å². The molecule has 0 fully saturated rings. The summed E-state index contributed by atoms with van der Waals surface area (Å²) in [6, 6.07) is 0. The van der Waals surface area contributed by atoms with E-state index >= 15 is 0 Å². The Morgan fingerprint density at radius 3 is 0.818 bits per heavy atom. The maximum atomic E-state index is 11.8. The monoisotopic (exact) mass is 203 g/mol. The van der Waals surface area contributed by atoms with E-state index in [-0.39, 0.29) is 0 Å². The fourth-order valence-electron chi connectivity index (χ4n) is 0.161. The van der Waals surface area contributed by atoms with Crippen LogP contribution >= 0.6 is 0 Å². The van der Waals surface area contributed by atoms with Gasteiger partial charge in [0.05, 0.1) is 0 Å². The molecule has 0 saturated carbocycles. The van der Waals surface area contributed by atoms with E-state index in [2.05, 4.69) is 0 Å². The van der Waals surface area contributed by atoms with Gasteiger partial charge in [0.1, 0.15) is 0 Å². The second-order valence-electron chi connectivity index (χ2n) is 1.65. The minimum absolute atomic E-state index is 0.961. The lowest BCUT2D eigenvalue weighted by Crippen LogP contribution is -2.51. The smallest absolute Gasteiger partial charge is 0.167 e. The van der Waals surface area contributed by atoms with Gasteiger partial charge in [-0.1, -0.05) is 0 Å². The summed E-state index contributed by atoms with van der Waals surface area (Å²) in [5, 5.41) is -5.32. The van der Waals surface area contributed by atoms with Gasteiger partial charge in [0.15, 0.2) is 0 Å². The highest BCUT2D eigenvalue weighted by Gasteiger charge is 2.76. The summed E-state index contributed by atoms with van der Waals surface area (Å²) in [5.74, 6) is 0. The molecule has 0 nitrogen and oxygen atoms in total. The Morgan fingerprint density at radius 2 is 0.818 bits per heavy atom. The van der Waals surface area contributed by atoms with Crippen LogP contribution < -0.4 is 0 Å². The summed E-state index contributed by atoms with van der Waals surface area (Å²) in [4.78, 5) is 0. The fraction of sp³-hybridized carbons (Fsp3) is 1.00. The van der Waals surface area contributed by atoms with Crippen molar-refractivity contribution >= 4 is 12.6 Å². The van der Waals surface area contributed by atoms with E-state index in [1.807, 2.05) is 0 Å². The second kappa shape index (κ2) is 2.43. The van der Waals surface area contributed by atoms with E-state index in [0.717, 1.165) is 12.6 Å². The van der Waals surface area contributed by atoms with Crippen molar-refractivity contribution in [3.05, 3.63) is 0 Å². The Morgan fingerprint density at radius 1 is 0.636 bits per heavy atom. The third-order valence-corrected chi connectivity index (χ3v) is 1.35. The molecule has 0 rings (SSSR count). The molecule has 0 unspecified atom stereocenters. The number of rotatable bonds is 0. The third kappa shape index (κ3) is 1.91. The fourth-order valence-corrected chi connectivity index (χ4v) is 0.161. The number of hydrogen-bond acceptors (Lipinski definition) is 0. The minimum Gasteiger partial charge on any atom is -0.167 e. The van der Waals surface area contributed by atoms with Crippen LogP contribution in [-0.2, 0) is 12.6 Å². The SMILES string of the molecule is FC(F)(F)C(F)([SH2+])C(F)(F)F. The lowest BCUT2D eigenvalue weighted by molar-refractivity contribution is -0.302. The Hall–Kier alpha value is -0.140. The molecule has 0 aliphatic heterocycles. The molecule has 0 aliphatic carbocycles. The van der Waals surface area contributed by atoms with Crippen molar-refractivity contribution in [2.24, 2.45) is 0 Å². The standard InChI is InChI=1S/C3HF7S/c4-1(11,2(5,6)7)3(8,9)10/h11H/p+1. The van der Waals surface area contributed by atoms with Gasteiger partial charge < -0.3 is 0 Å². The Labute approximate surface area is 61.8 Å². The highest BCUT2D eigenvalue weighted by Crippen LogP contribution is 2.44. The van der Waals surface area contributed by atoms with Crippen molar-refractivity contribution < 1.29 is 30.7 Å².